The summed E-state index contributed by atoms with van der Waals surface area (Å²) in [4.78, 5) is 22.0. The zero-order valence-corrected chi connectivity index (χ0v) is 10.9. The minimum absolute atomic E-state index is 0.0837. The molecule has 0 bridgehead atoms. The average Bonchev–Trinajstić information content (AvgIpc) is 2.36. The van der Waals surface area contributed by atoms with E-state index < -0.39 is 22.3 Å². The van der Waals surface area contributed by atoms with E-state index in [1.807, 2.05) is 0 Å². The molecule has 0 fully saturated rings. The highest BCUT2D eigenvalue weighted by Crippen LogP contribution is 2.38. The highest BCUT2D eigenvalue weighted by Gasteiger charge is 2.39. The van der Waals surface area contributed by atoms with Crippen LogP contribution in [0.2, 0.25) is 0 Å². The first kappa shape index (κ1) is 14.9. The molecule has 0 saturated heterocycles. The van der Waals surface area contributed by atoms with E-state index in [0.29, 0.717) is 0 Å². The fourth-order valence-corrected chi connectivity index (χ4v) is 1.74. The number of ether oxygens (including phenoxy) is 1. The lowest BCUT2D eigenvalue weighted by atomic mass is 9.80. The molecule has 0 aliphatic heterocycles. The van der Waals surface area contributed by atoms with Gasteiger partial charge in [-0.1, -0.05) is 0 Å². The van der Waals surface area contributed by atoms with E-state index in [0.717, 1.165) is 6.07 Å². The van der Waals surface area contributed by atoms with Crippen molar-refractivity contribution in [1.29, 1.82) is 0 Å². The van der Waals surface area contributed by atoms with Gasteiger partial charge < -0.3 is 15.6 Å². The van der Waals surface area contributed by atoms with Crippen LogP contribution in [-0.4, -0.2) is 23.1 Å². The average molecular weight is 268 g/mol. The van der Waals surface area contributed by atoms with Crippen molar-refractivity contribution in [3.8, 4) is 5.75 Å². The summed E-state index contributed by atoms with van der Waals surface area (Å²) in [6.45, 7) is 3.05. The van der Waals surface area contributed by atoms with Gasteiger partial charge in [0.2, 0.25) is 0 Å². The van der Waals surface area contributed by atoms with E-state index in [4.69, 9.17) is 5.73 Å². The highest BCUT2D eigenvalue weighted by molar-refractivity contribution is 5.77. The van der Waals surface area contributed by atoms with Gasteiger partial charge in [0.25, 0.3) is 5.69 Å². The van der Waals surface area contributed by atoms with Crippen LogP contribution in [0, 0.1) is 15.5 Å². The van der Waals surface area contributed by atoms with Gasteiger partial charge in [0.1, 0.15) is 5.75 Å². The number of nitrogens with zero attached hydrogens (tertiary/aromatic N) is 1. The van der Waals surface area contributed by atoms with Crippen LogP contribution in [0.1, 0.15) is 25.5 Å². The predicted molar refractivity (Wildman–Crippen MR) is 67.5 cm³/mol. The summed E-state index contributed by atoms with van der Waals surface area (Å²) in [6.07, 6.45) is 0. The SMILES string of the molecule is COC(=O)C(C)(C)[C@H](N)c1cc(O)ccc1[N+](=O)[O-]. The van der Waals surface area contributed by atoms with E-state index in [1.165, 1.54) is 33.1 Å². The van der Waals surface area contributed by atoms with E-state index in [9.17, 15) is 20.0 Å². The first-order valence-electron chi connectivity index (χ1n) is 5.53. The number of rotatable bonds is 4. The number of phenols is 1. The fourth-order valence-electron chi connectivity index (χ4n) is 1.74. The van der Waals surface area contributed by atoms with Gasteiger partial charge in [-0.15, -0.1) is 0 Å². The predicted octanol–water partition coefficient (Wildman–Crippen LogP) is 1.50. The molecular formula is C12H16N2O5. The van der Waals surface area contributed by atoms with Crippen LogP contribution < -0.4 is 5.73 Å². The topological polar surface area (TPSA) is 116 Å². The molecule has 0 amide bonds. The van der Waals surface area contributed by atoms with Crippen molar-refractivity contribution < 1.29 is 19.6 Å². The van der Waals surface area contributed by atoms with Crippen molar-refractivity contribution in [2.75, 3.05) is 7.11 Å². The number of hydrogen-bond acceptors (Lipinski definition) is 6. The largest absolute Gasteiger partial charge is 0.508 e. The van der Waals surface area contributed by atoms with Gasteiger partial charge in [-0.25, -0.2) is 0 Å². The van der Waals surface area contributed by atoms with Crippen molar-refractivity contribution in [3.05, 3.63) is 33.9 Å². The number of methoxy groups -OCH3 is 1. The molecule has 0 saturated carbocycles. The molecule has 3 N–H and O–H groups in total. The van der Waals surface area contributed by atoms with Gasteiger partial charge in [0.05, 0.1) is 29.1 Å². The van der Waals surface area contributed by atoms with E-state index in [-0.39, 0.29) is 17.0 Å². The molecule has 104 valence electrons. The lowest BCUT2D eigenvalue weighted by molar-refractivity contribution is -0.385. The summed E-state index contributed by atoms with van der Waals surface area (Å²) in [5.41, 5.74) is 4.62. The molecule has 7 heteroatoms. The van der Waals surface area contributed by atoms with Gasteiger partial charge in [0, 0.05) is 6.07 Å². The Hall–Kier alpha value is -2.15. The van der Waals surface area contributed by atoms with Crippen LogP contribution in [0.15, 0.2) is 18.2 Å². The molecule has 7 nitrogen and oxygen atoms in total. The van der Waals surface area contributed by atoms with E-state index in [1.54, 1.807) is 0 Å². The molecule has 0 heterocycles. The van der Waals surface area contributed by atoms with Crippen LogP contribution >= 0.6 is 0 Å². The van der Waals surface area contributed by atoms with E-state index >= 15 is 0 Å². The summed E-state index contributed by atoms with van der Waals surface area (Å²) in [5.74, 6) is -0.741. The Bertz CT molecular complexity index is 513. The van der Waals surface area contributed by atoms with Gasteiger partial charge in [-0.05, 0) is 26.0 Å². The van der Waals surface area contributed by atoms with Crippen molar-refractivity contribution in [2.45, 2.75) is 19.9 Å². The molecule has 0 unspecified atom stereocenters. The number of hydrogen-bond donors (Lipinski definition) is 2. The Morgan fingerprint density at radius 1 is 1.53 bits per heavy atom. The second-order valence-corrected chi connectivity index (χ2v) is 4.69. The normalized spacial score (nSPS) is 12.8. The number of phenolic OH excluding ortho intramolecular Hbond substituents is 1. The summed E-state index contributed by atoms with van der Waals surface area (Å²) in [5, 5.41) is 20.4. The third-order valence-corrected chi connectivity index (χ3v) is 3.03. The maximum atomic E-state index is 11.7. The van der Waals surface area contributed by atoms with Crippen LogP contribution in [0.5, 0.6) is 5.75 Å². The van der Waals surface area contributed by atoms with Gasteiger partial charge in [0.15, 0.2) is 0 Å². The zero-order valence-electron chi connectivity index (χ0n) is 10.9. The number of carbonyl (C=O) groups excluding carboxylic acids is 1. The molecule has 1 aromatic carbocycles. The molecule has 0 radical (unpaired) electrons. The number of aromatic hydroxyl groups is 1. The molecule has 0 aliphatic rings. The minimum atomic E-state index is -1.16. The van der Waals surface area contributed by atoms with Crippen molar-refractivity contribution in [3.63, 3.8) is 0 Å². The molecule has 0 aromatic heterocycles. The molecule has 0 spiro atoms. The monoisotopic (exact) mass is 268 g/mol. The van der Waals surface area contributed by atoms with Gasteiger partial charge in [-0.3, -0.25) is 14.9 Å². The van der Waals surface area contributed by atoms with Gasteiger partial charge >= 0.3 is 5.97 Å². The third kappa shape index (κ3) is 2.82. The summed E-state index contributed by atoms with van der Waals surface area (Å²) < 4.78 is 4.64. The number of benzene rings is 1. The first-order valence-corrected chi connectivity index (χ1v) is 5.53. The number of carbonyl (C=O) groups is 1. The Balaban J connectivity index is 3.32. The Morgan fingerprint density at radius 3 is 2.58 bits per heavy atom. The molecular weight excluding hydrogens is 252 g/mol. The molecule has 1 aromatic rings. The second-order valence-electron chi connectivity index (χ2n) is 4.69. The number of nitrogens with two attached hydrogens (primary N) is 1. The summed E-state index contributed by atoms with van der Waals surface area (Å²) in [6, 6.07) is 2.55. The quantitative estimate of drug-likeness (QED) is 0.485. The lowest BCUT2D eigenvalue weighted by Gasteiger charge is -2.28. The Kier molecular flexibility index (Phi) is 4.10. The van der Waals surface area contributed by atoms with E-state index in [2.05, 4.69) is 4.74 Å². The zero-order chi connectivity index (χ0) is 14.8. The maximum absolute atomic E-state index is 11.7. The minimum Gasteiger partial charge on any atom is -0.508 e. The van der Waals surface area contributed by atoms with Crippen molar-refractivity contribution >= 4 is 11.7 Å². The Labute approximate surface area is 110 Å². The molecule has 1 rings (SSSR count). The summed E-state index contributed by atoms with van der Waals surface area (Å²) in [7, 11) is 1.22. The standard InChI is InChI=1S/C12H16N2O5/c1-12(2,11(16)19-3)10(13)8-6-7(15)4-5-9(8)14(17)18/h4-6,10,15H,13H2,1-3H3/t10-/m1/s1. The molecule has 0 aliphatic carbocycles. The lowest BCUT2D eigenvalue weighted by Crippen LogP contribution is -2.37. The number of nitro groups is 1. The maximum Gasteiger partial charge on any atom is 0.313 e. The molecule has 19 heavy (non-hydrogen) atoms. The Morgan fingerprint density at radius 2 is 2.11 bits per heavy atom. The summed E-state index contributed by atoms with van der Waals surface area (Å²) >= 11 is 0. The highest BCUT2D eigenvalue weighted by atomic mass is 16.6. The third-order valence-electron chi connectivity index (χ3n) is 3.03. The van der Waals surface area contributed by atoms with Crippen LogP contribution in [0.4, 0.5) is 5.69 Å². The van der Waals surface area contributed by atoms with Crippen LogP contribution in [0.25, 0.3) is 0 Å². The fraction of sp³-hybridized carbons (Fsp3) is 0.417. The molecule has 1 atom stereocenters. The second kappa shape index (κ2) is 5.23. The number of esters is 1. The van der Waals surface area contributed by atoms with Gasteiger partial charge in [-0.2, -0.15) is 0 Å². The van der Waals surface area contributed by atoms with Crippen LogP contribution in [-0.2, 0) is 9.53 Å². The first-order chi connectivity index (χ1) is 8.71. The van der Waals surface area contributed by atoms with Crippen molar-refractivity contribution in [2.24, 2.45) is 11.1 Å². The smallest absolute Gasteiger partial charge is 0.313 e. The van der Waals surface area contributed by atoms with Crippen molar-refractivity contribution in [1.82, 2.24) is 0 Å². The number of nitro benzene ring substituents is 1. The van der Waals surface area contributed by atoms with Crippen LogP contribution in [0.3, 0.4) is 0 Å².